The van der Waals surface area contributed by atoms with Gasteiger partial charge in [0.05, 0.1) is 29.8 Å². The third-order valence-corrected chi connectivity index (χ3v) is 8.07. The van der Waals surface area contributed by atoms with Crippen LogP contribution in [0.1, 0.15) is 35.6 Å². The molecule has 0 spiro atoms. The van der Waals surface area contributed by atoms with Crippen LogP contribution in [-0.2, 0) is 12.4 Å². The van der Waals surface area contributed by atoms with E-state index in [1.807, 2.05) is 18.2 Å². The highest BCUT2D eigenvalue weighted by molar-refractivity contribution is 7.80. The van der Waals surface area contributed by atoms with Crippen LogP contribution in [0.3, 0.4) is 0 Å². The quantitative estimate of drug-likeness (QED) is 0.197. The number of hydrogen-bond acceptors (Lipinski definition) is 4. The molecule has 3 aromatic rings. The number of benzene rings is 2. The Bertz CT molecular complexity index is 1470. The standard InChI is InChI=1S/C29H26F6N4OS/c1-3-16-15-39-9-7-17(16)10-25(39)26(22-6-8-36-24-5-4-21(40-2)14-23(22)24)38-27(41)37-20-12-18(28(30,31)32)11-19(13-20)29(33,34)35/h1,4-6,8,11-14,16-17,25-26H,7,9-10,15H2,2H3,(H2,37,38,41)/t16-,17-,25+,26-/m0/s1. The third-order valence-electron chi connectivity index (χ3n) is 7.85. The van der Waals surface area contributed by atoms with Crippen molar-refractivity contribution in [2.45, 2.75) is 37.3 Å². The lowest BCUT2D eigenvalue weighted by atomic mass is 9.73. The number of thiocarbonyl (C=S) groups is 1. The third kappa shape index (κ3) is 6.06. The van der Waals surface area contributed by atoms with E-state index in [1.165, 1.54) is 0 Å². The molecule has 3 saturated heterocycles. The van der Waals surface area contributed by atoms with E-state index in [0.717, 1.165) is 30.3 Å². The van der Waals surface area contributed by atoms with Gasteiger partial charge in [-0.2, -0.15) is 26.3 Å². The summed E-state index contributed by atoms with van der Waals surface area (Å²) in [6.45, 7) is 1.49. The minimum Gasteiger partial charge on any atom is -0.497 e. The lowest BCUT2D eigenvalue weighted by Gasteiger charge is -2.51. The van der Waals surface area contributed by atoms with E-state index in [2.05, 4.69) is 26.4 Å². The first-order valence-corrected chi connectivity index (χ1v) is 13.3. The fourth-order valence-corrected chi connectivity index (χ4v) is 6.11. The van der Waals surface area contributed by atoms with Crippen LogP contribution < -0.4 is 15.4 Å². The number of methoxy groups -OCH3 is 1. The Kier molecular flexibility index (Phi) is 7.78. The predicted molar refractivity (Wildman–Crippen MR) is 147 cm³/mol. The molecular formula is C29H26F6N4OS. The molecule has 0 aliphatic carbocycles. The number of anilines is 1. The number of aromatic nitrogens is 1. The molecule has 3 aliphatic rings. The molecule has 5 atom stereocenters. The number of pyridine rings is 1. The van der Waals surface area contributed by atoms with Crippen LogP contribution in [0.25, 0.3) is 10.9 Å². The molecule has 216 valence electrons. The molecule has 0 amide bonds. The molecule has 1 aromatic heterocycles. The minimum atomic E-state index is -4.98. The second kappa shape index (κ2) is 11.0. The average molecular weight is 593 g/mol. The van der Waals surface area contributed by atoms with Crippen molar-refractivity contribution >= 4 is 33.9 Å². The number of piperidine rings is 3. The largest absolute Gasteiger partial charge is 0.497 e. The van der Waals surface area contributed by atoms with E-state index in [0.29, 0.717) is 29.9 Å². The second-order valence-electron chi connectivity index (χ2n) is 10.3. The molecule has 5 nitrogen and oxygen atoms in total. The zero-order chi connectivity index (χ0) is 29.5. The summed E-state index contributed by atoms with van der Waals surface area (Å²) in [6.07, 6.45) is -0.851. The van der Waals surface area contributed by atoms with Crippen LogP contribution in [0.2, 0.25) is 0 Å². The number of alkyl halides is 6. The van der Waals surface area contributed by atoms with Crippen LogP contribution in [0.4, 0.5) is 32.0 Å². The van der Waals surface area contributed by atoms with E-state index in [1.54, 1.807) is 19.4 Å². The highest BCUT2D eigenvalue weighted by Gasteiger charge is 2.44. The summed E-state index contributed by atoms with van der Waals surface area (Å²) < 4.78 is 86.0. The van der Waals surface area contributed by atoms with Crippen LogP contribution in [0.5, 0.6) is 5.75 Å². The number of terminal acetylenes is 1. The highest BCUT2D eigenvalue weighted by atomic mass is 32.1. The zero-order valence-corrected chi connectivity index (χ0v) is 22.6. The van der Waals surface area contributed by atoms with Crippen molar-refractivity contribution < 1.29 is 31.1 Å². The Hall–Kier alpha value is -3.56. The number of nitrogens with one attached hydrogen (secondary N) is 2. The molecule has 4 heterocycles. The van der Waals surface area contributed by atoms with Crippen molar-refractivity contribution in [3.8, 4) is 18.1 Å². The van der Waals surface area contributed by atoms with Crippen LogP contribution in [0.15, 0.2) is 48.7 Å². The predicted octanol–water partition coefficient (Wildman–Crippen LogP) is 6.65. The number of nitrogens with zero attached hydrogens (tertiary/aromatic N) is 2. The van der Waals surface area contributed by atoms with Gasteiger partial charge in [0, 0.05) is 35.8 Å². The van der Waals surface area contributed by atoms with Gasteiger partial charge >= 0.3 is 12.4 Å². The molecule has 0 saturated carbocycles. The van der Waals surface area contributed by atoms with Gasteiger partial charge in [0.15, 0.2) is 5.11 Å². The molecule has 3 fully saturated rings. The number of fused-ring (bicyclic) bond motifs is 4. The average Bonchev–Trinajstić information content (AvgIpc) is 2.94. The van der Waals surface area contributed by atoms with E-state index in [9.17, 15) is 26.3 Å². The number of halogens is 6. The molecule has 41 heavy (non-hydrogen) atoms. The molecule has 12 heteroatoms. The molecular weight excluding hydrogens is 566 g/mol. The Labute approximate surface area is 238 Å². The van der Waals surface area contributed by atoms with Crippen LogP contribution in [-0.4, -0.2) is 41.2 Å². The fraction of sp³-hybridized carbons (Fsp3) is 0.379. The Balaban J connectivity index is 1.51. The van der Waals surface area contributed by atoms with Crippen LogP contribution in [0, 0.1) is 24.2 Å². The van der Waals surface area contributed by atoms with Gasteiger partial charge in [0.25, 0.3) is 0 Å². The van der Waals surface area contributed by atoms with E-state index < -0.39 is 35.2 Å². The van der Waals surface area contributed by atoms with Crippen molar-refractivity contribution in [2.24, 2.45) is 11.8 Å². The van der Waals surface area contributed by atoms with E-state index in [4.69, 9.17) is 23.4 Å². The van der Waals surface area contributed by atoms with Gasteiger partial charge in [-0.3, -0.25) is 9.88 Å². The summed E-state index contributed by atoms with van der Waals surface area (Å²) in [4.78, 5) is 6.71. The first-order chi connectivity index (χ1) is 19.4. The smallest absolute Gasteiger partial charge is 0.416 e. The van der Waals surface area contributed by atoms with Crippen LogP contribution >= 0.6 is 12.2 Å². The summed E-state index contributed by atoms with van der Waals surface area (Å²) >= 11 is 5.48. The molecule has 3 aliphatic heterocycles. The van der Waals surface area contributed by atoms with Crippen molar-refractivity contribution in [3.05, 3.63) is 65.4 Å². The van der Waals surface area contributed by atoms with Crippen molar-refractivity contribution in [1.29, 1.82) is 0 Å². The maximum absolute atomic E-state index is 13.4. The lowest BCUT2D eigenvalue weighted by Crippen LogP contribution is -2.57. The maximum atomic E-state index is 13.4. The Morgan fingerprint density at radius 2 is 1.80 bits per heavy atom. The first kappa shape index (κ1) is 29.0. The molecule has 2 aromatic carbocycles. The second-order valence-corrected chi connectivity index (χ2v) is 10.7. The number of hydrogen-bond donors (Lipinski definition) is 2. The first-order valence-electron chi connectivity index (χ1n) is 12.9. The van der Waals surface area contributed by atoms with Gasteiger partial charge in [-0.25, -0.2) is 0 Å². The highest BCUT2D eigenvalue weighted by Crippen LogP contribution is 2.42. The van der Waals surface area contributed by atoms with Crippen molar-refractivity contribution in [2.75, 3.05) is 25.5 Å². The fourth-order valence-electron chi connectivity index (χ4n) is 5.87. The molecule has 0 radical (unpaired) electrons. The molecule has 6 rings (SSSR count). The van der Waals surface area contributed by atoms with Crippen molar-refractivity contribution in [1.82, 2.24) is 15.2 Å². The van der Waals surface area contributed by atoms with Crippen molar-refractivity contribution in [3.63, 3.8) is 0 Å². The SMILES string of the molecule is C#C[C@H]1CN2CC[C@H]1C[C@@H]2[C@@H](NC(=S)Nc1cc(C(F)(F)F)cc(C(F)(F)F)c1)c1ccnc2ccc(OC)cc12. The normalized spacial score (nSPS) is 23.1. The van der Waals surface area contributed by atoms with E-state index in [-0.39, 0.29) is 29.1 Å². The summed E-state index contributed by atoms with van der Waals surface area (Å²) in [7, 11) is 1.54. The van der Waals surface area contributed by atoms with Gasteiger partial charge < -0.3 is 15.4 Å². The summed E-state index contributed by atoms with van der Waals surface area (Å²) in [5.74, 6) is 3.86. The number of ether oxygens (including phenoxy) is 1. The Morgan fingerprint density at radius 1 is 1.10 bits per heavy atom. The molecule has 2 bridgehead atoms. The van der Waals surface area contributed by atoms with Gasteiger partial charge in [-0.15, -0.1) is 12.3 Å². The zero-order valence-electron chi connectivity index (χ0n) is 21.8. The monoisotopic (exact) mass is 592 g/mol. The lowest BCUT2D eigenvalue weighted by molar-refractivity contribution is -0.143. The van der Waals surface area contributed by atoms with E-state index >= 15 is 0 Å². The maximum Gasteiger partial charge on any atom is 0.416 e. The Morgan fingerprint density at radius 3 is 2.39 bits per heavy atom. The summed E-state index contributed by atoms with van der Waals surface area (Å²) in [6, 6.07) is 7.97. The number of rotatable bonds is 5. The summed E-state index contributed by atoms with van der Waals surface area (Å²) in [5.41, 5.74) is -1.79. The van der Waals surface area contributed by atoms with Gasteiger partial charge in [0.2, 0.25) is 0 Å². The summed E-state index contributed by atoms with van der Waals surface area (Å²) in [5, 5.41) is 6.44. The van der Waals surface area contributed by atoms with Gasteiger partial charge in [-0.05, 0) is 85.6 Å². The van der Waals surface area contributed by atoms with Gasteiger partial charge in [-0.1, -0.05) is 0 Å². The minimum absolute atomic E-state index is 0.0783. The van der Waals surface area contributed by atoms with Gasteiger partial charge in [0.1, 0.15) is 5.75 Å². The molecule has 1 unspecified atom stereocenters. The molecule has 2 N–H and O–H groups in total. The topological polar surface area (TPSA) is 49.4 Å².